The zero-order chi connectivity index (χ0) is 26.9. The van der Waals surface area contributed by atoms with Gasteiger partial charge in [0.15, 0.2) is 0 Å². The van der Waals surface area contributed by atoms with E-state index in [1.165, 1.54) is 16.0 Å². The van der Waals surface area contributed by atoms with Crippen molar-refractivity contribution in [1.82, 2.24) is 4.90 Å². The third kappa shape index (κ3) is 5.88. The number of piperidine rings is 1. The molecule has 2 heterocycles. The monoisotopic (exact) mass is 528 g/mol. The second kappa shape index (κ2) is 11.1. The summed E-state index contributed by atoms with van der Waals surface area (Å²) in [6.45, 7) is 10.5. The van der Waals surface area contributed by atoms with Gasteiger partial charge in [-0.2, -0.15) is 0 Å². The number of likely N-dealkylation sites (tertiary alicyclic amines) is 1. The molecular formula is C33H40N2O2S. The summed E-state index contributed by atoms with van der Waals surface area (Å²) < 4.78 is 0. The fraction of sp³-hybridized carbons (Fsp3) is 0.455. The highest BCUT2D eigenvalue weighted by molar-refractivity contribution is 7.17. The highest BCUT2D eigenvalue weighted by Crippen LogP contribution is 2.45. The van der Waals surface area contributed by atoms with Crippen molar-refractivity contribution in [2.45, 2.75) is 66.2 Å². The molecule has 2 aromatic carbocycles. The molecule has 0 bridgehead atoms. The Morgan fingerprint density at radius 2 is 1.66 bits per heavy atom. The Bertz CT molecular complexity index is 1280. The van der Waals surface area contributed by atoms with Gasteiger partial charge in [0.05, 0.1) is 5.56 Å². The van der Waals surface area contributed by atoms with Crippen LogP contribution in [0.1, 0.15) is 82.3 Å². The maximum atomic E-state index is 14.0. The van der Waals surface area contributed by atoms with E-state index in [1.807, 2.05) is 36.1 Å². The number of carbonyl (C=O) groups excluding carboxylic acids is 2. The molecule has 1 saturated heterocycles. The molecule has 1 N–H and O–H groups in total. The van der Waals surface area contributed by atoms with Crippen LogP contribution in [0.15, 0.2) is 54.6 Å². The maximum Gasteiger partial charge on any atom is 0.257 e. The van der Waals surface area contributed by atoms with Crippen molar-refractivity contribution in [3.05, 3.63) is 87.3 Å². The van der Waals surface area contributed by atoms with Crippen LogP contribution in [0.2, 0.25) is 0 Å². The Morgan fingerprint density at radius 1 is 0.974 bits per heavy atom. The van der Waals surface area contributed by atoms with Gasteiger partial charge in [0.2, 0.25) is 0 Å². The van der Waals surface area contributed by atoms with Crippen LogP contribution < -0.4 is 5.32 Å². The van der Waals surface area contributed by atoms with E-state index >= 15 is 0 Å². The van der Waals surface area contributed by atoms with Gasteiger partial charge in [-0.3, -0.25) is 9.59 Å². The molecule has 0 spiro atoms. The number of fused-ring (bicyclic) bond motifs is 1. The first-order chi connectivity index (χ1) is 18.2. The van der Waals surface area contributed by atoms with Crippen LogP contribution in [0.5, 0.6) is 0 Å². The lowest BCUT2D eigenvalue weighted by Crippen LogP contribution is -2.39. The van der Waals surface area contributed by atoms with Gasteiger partial charge in [-0.1, -0.05) is 68.8 Å². The second-order valence-corrected chi connectivity index (χ2v) is 13.4. The maximum absolute atomic E-state index is 14.0. The quantitative estimate of drug-likeness (QED) is 0.372. The number of benzene rings is 2. The lowest BCUT2D eigenvalue weighted by molar-refractivity contribution is 0.0690. The Kier molecular flexibility index (Phi) is 7.76. The minimum absolute atomic E-state index is 0.0917. The highest BCUT2D eigenvalue weighted by atomic mass is 32.1. The predicted octanol–water partition coefficient (Wildman–Crippen LogP) is 7.55. The van der Waals surface area contributed by atoms with Crippen molar-refractivity contribution in [3.8, 4) is 0 Å². The summed E-state index contributed by atoms with van der Waals surface area (Å²) in [6, 6.07) is 18.3. The average Bonchev–Trinajstić information content (AvgIpc) is 3.26. The van der Waals surface area contributed by atoms with E-state index in [1.54, 1.807) is 11.3 Å². The number of rotatable bonds is 5. The van der Waals surface area contributed by atoms with E-state index in [0.29, 0.717) is 17.4 Å². The molecule has 200 valence electrons. The summed E-state index contributed by atoms with van der Waals surface area (Å²) in [6.07, 6.45) is 6.07. The molecule has 5 heteroatoms. The van der Waals surface area contributed by atoms with Gasteiger partial charge in [0.25, 0.3) is 11.8 Å². The van der Waals surface area contributed by atoms with Crippen LogP contribution in [-0.2, 0) is 19.3 Å². The summed E-state index contributed by atoms with van der Waals surface area (Å²) in [5, 5.41) is 3.88. The van der Waals surface area contributed by atoms with Crippen molar-refractivity contribution in [2.75, 3.05) is 18.4 Å². The van der Waals surface area contributed by atoms with Crippen molar-refractivity contribution < 1.29 is 9.59 Å². The fourth-order valence-electron chi connectivity index (χ4n) is 5.97. The molecule has 1 aromatic heterocycles. The molecule has 0 radical (unpaired) electrons. The van der Waals surface area contributed by atoms with E-state index in [-0.39, 0.29) is 17.2 Å². The number of thiophene rings is 1. The van der Waals surface area contributed by atoms with E-state index < -0.39 is 0 Å². The molecule has 3 aromatic rings. The Balaban J connectivity index is 1.37. The molecule has 38 heavy (non-hydrogen) atoms. The second-order valence-electron chi connectivity index (χ2n) is 12.3. The normalized spacial score (nSPS) is 18.2. The number of hydrogen-bond acceptors (Lipinski definition) is 3. The third-order valence-electron chi connectivity index (χ3n) is 8.51. The number of hydrogen-bond donors (Lipinski definition) is 1. The molecule has 1 aliphatic heterocycles. The van der Waals surface area contributed by atoms with E-state index in [9.17, 15) is 9.59 Å². The summed E-state index contributed by atoms with van der Waals surface area (Å²) in [5.41, 5.74) is 5.25. The first-order valence-electron chi connectivity index (χ1n) is 14.0. The molecule has 1 fully saturated rings. The van der Waals surface area contributed by atoms with Crippen LogP contribution in [0.25, 0.3) is 0 Å². The van der Waals surface area contributed by atoms with Crippen molar-refractivity contribution in [1.29, 1.82) is 0 Å². The number of aryl methyl sites for hydroxylation is 1. The van der Waals surface area contributed by atoms with Crippen LogP contribution in [0, 0.1) is 24.2 Å². The van der Waals surface area contributed by atoms with Crippen LogP contribution in [-0.4, -0.2) is 29.8 Å². The summed E-state index contributed by atoms with van der Waals surface area (Å²) in [4.78, 5) is 30.5. The molecule has 2 aliphatic rings. The van der Waals surface area contributed by atoms with E-state index in [0.717, 1.165) is 67.7 Å². The topological polar surface area (TPSA) is 49.4 Å². The molecule has 1 aliphatic carbocycles. The largest absolute Gasteiger partial charge is 0.339 e. The van der Waals surface area contributed by atoms with E-state index in [2.05, 4.69) is 56.4 Å². The van der Waals surface area contributed by atoms with Crippen molar-refractivity contribution in [2.24, 2.45) is 17.3 Å². The molecular weight excluding hydrogens is 488 g/mol. The zero-order valence-corrected chi connectivity index (χ0v) is 24.0. The fourth-order valence-corrected chi connectivity index (χ4v) is 7.28. The standard InChI is InChI=1S/C33H40N2O2S/c1-22-10-12-25(13-11-22)30(36)34-31-29(27-15-14-26(33(2,3)4)21-28(27)38-31)32(37)35-18-16-24(17-19-35)20-23-8-6-5-7-9-23/h5-13,24,26H,14-21H2,1-4H3,(H,34,36). The zero-order valence-electron chi connectivity index (χ0n) is 23.2. The van der Waals surface area contributed by atoms with Gasteiger partial charge in [0.1, 0.15) is 5.00 Å². The van der Waals surface area contributed by atoms with Crippen molar-refractivity contribution in [3.63, 3.8) is 0 Å². The van der Waals surface area contributed by atoms with Gasteiger partial charge in [-0.05, 0) is 86.0 Å². The molecule has 4 nitrogen and oxygen atoms in total. The van der Waals surface area contributed by atoms with E-state index in [4.69, 9.17) is 0 Å². The first kappa shape index (κ1) is 26.7. The minimum atomic E-state index is -0.147. The van der Waals surface area contributed by atoms with Crippen molar-refractivity contribution >= 4 is 28.2 Å². The Labute approximate surface area is 231 Å². The lowest BCUT2D eigenvalue weighted by atomic mass is 9.72. The molecule has 5 rings (SSSR count). The number of nitrogens with zero attached hydrogens (tertiary/aromatic N) is 1. The highest BCUT2D eigenvalue weighted by Gasteiger charge is 2.36. The van der Waals surface area contributed by atoms with Crippen LogP contribution in [0.3, 0.4) is 0 Å². The number of anilines is 1. The van der Waals surface area contributed by atoms with Gasteiger partial charge in [-0.15, -0.1) is 11.3 Å². The average molecular weight is 529 g/mol. The summed E-state index contributed by atoms with van der Waals surface area (Å²) in [7, 11) is 0. The molecule has 0 saturated carbocycles. The third-order valence-corrected chi connectivity index (χ3v) is 9.68. The Hall–Kier alpha value is -2.92. The van der Waals surface area contributed by atoms with Gasteiger partial charge >= 0.3 is 0 Å². The summed E-state index contributed by atoms with van der Waals surface area (Å²) >= 11 is 1.62. The molecule has 1 unspecified atom stereocenters. The lowest BCUT2D eigenvalue weighted by Gasteiger charge is -2.35. The van der Waals surface area contributed by atoms with Gasteiger partial charge in [0, 0.05) is 23.5 Å². The summed E-state index contributed by atoms with van der Waals surface area (Å²) in [5.74, 6) is 1.12. The number of nitrogens with one attached hydrogen (secondary N) is 1. The smallest absolute Gasteiger partial charge is 0.257 e. The van der Waals surface area contributed by atoms with Gasteiger partial charge in [-0.25, -0.2) is 0 Å². The van der Waals surface area contributed by atoms with Gasteiger partial charge < -0.3 is 10.2 Å². The number of amides is 2. The first-order valence-corrected chi connectivity index (χ1v) is 14.9. The Morgan fingerprint density at radius 3 is 2.32 bits per heavy atom. The molecule has 1 atom stereocenters. The SMILES string of the molecule is Cc1ccc(C(=O)Nc2sc3c(c2C(=O)N2CCC(Cc4ccccc4)CC2)CCC(C(C)(C)C)C3)cc1. The number of carbonyl (C=O) groups is 2. The van der Waals surface area contributed by atoms with Crippen LogP contribution in [0.4, 0.5) is 5.00 Å². The minimum Gasteiger partial charge on any atom is -0.339 e. The molecule has 2 amide bonds. The van der Waals surface area contributed by atoms with Crippen LogP contribution >= 0.6 is 11.3 Å². The predicted molar refractivity (Wildman–Crippen MR) is 157 cm³/mol.